The van der Waals surface area contributed by atoms with Crippen LogP contribution in [0.5, 0.6) is 0 Å². The summed E-state index contributed by atoms with van der Waals surface area (Å²) in [5.74, 6) is -13.8. The molecule has 0 heterocycles. The average Bonchev–Trinajstić information content (AvgIpc) is 2.92. The first kappa shape index (κ1) is 39.7. The molecular weight excluding hydrogens is 614 g/mol. The average molecular weight is 650 g/mol. The topological polar surface area (TPSA) is 366 Å². The van der Waals surface area contributed by atoms with Crippen LogP contribution in [0.4, 0.5) is 0 Å². The van der Waals surface area contributed by atoms with E-state index in [0.717, 1.165) is 0 Å². The monoisotopic (exact) mass is 649 g/mol. The second kappa shape index (κ2) is 19.8. The number of carboxylic acids is 6. The minimum atomic E-state index is -2.00. The summed E-state index contributed by atoms with van der Waals surface area (Å²) in [6.45, 7) is 0. The molecule has 0 saturated carbocycles. The van der Waals surface area contributed by atoms with E-state index in [2.05, 4.69) is 10.6 Å². The van der Waals surface area contributed by atoms with Crippen molar-refractivity contribution in [3.8, 4) is 0 Å². The molecule has 21 nitrogen and oxygen atoms in total. The molecule has 21 heteroatoms. The second-order valence-corrected chi connectivity index (χ2v) is 9.52. The van der Waals surface area contributed by atoms with Gasteiger partial charge in [0.2, 0.25) is 23.6 Å². The van der Waals surface area contributed by atoms with E-state index >= 15 is 0 Å². The molecule has 0 aromatic rings. The van der Waals surface area contributed by atoms with Gasteiger partial charge in [-0.3, -0.25) is 43.2 Å². The van der Waals surface area contributed by atoms with E-state index in [-0.39, 0.29) is 6.42 Å². The van der Waals surface area contributed by atoms with Crippen LogP contribution in [0, 0.1) is 0 Å². The molecule has 0 aliphatic carbocycles. The highest BCUT2D eigenvalue weighted by molar-refractivity contribution is 5.96. The highest BCUT2D eigenvalue weighted by Gasteiger charge is 2.33. The van der Waals surface area contributed by atoms with Crippen molar-refractivity contribution < 1.29 is 78.6 Å². The molecule has 0 aliphatic rings. The molecule has 0 bridgehead atoms. The number of carboxylic acid groups (broad SMARTS) is 6. The first-order valence-corrected chi connectivity index (χ1v) is 13.1. The third kappa shape index (κ3) is 17.4. The minimum Gasteiger partial charge on any atom is -0.481 e. The van der Waals surface area contributed by atoms with Crippen LogP contribution in [0.2, 0.25) is 0 Å². The molecule has 5 atom stereocenters. The van der Waals surface area contributed by atoms with Gasteiger partial charge in [-0.05, 0) is 25.7 Å². The Hall–Kier alpha value is -5.34. The van der Waals surface area contributed by atoms with E-state index in [1.54, 1.807) is 0 Å². The zero-order valence-electron chi connectivity index (χ0n) is 23.6. The fourth-order valence-electron chi connectivity index (χ4n) is 3.49. The van der Waals surface area contributed by atoms with Crippen molar-refractivity contribution >= 4 is 59.4 Å². The summed E-state index contributed by atoms with van der Waals surface area (Å²) in [4.78, 5) is 118. The number of hydrogen-bond donors (Lipinski definition) is 11. The third-order valence-corrected chi connectivity index (χ3v) is 5.84. The zero-order valence-corrected chi connectivity index (χ0v) is 23.6. The number of rotatable bonds is 23. The maximum Gasteiger partial charge on any atom is 0.326 e. The van der Waals surface area contributed by atoms with Gasteiger partial charge in [-0.25, -0.2) is 4.79 Å². The predicted molar refractivity (Wildman–Crippen MR) is 143 cm³/mol. The van der Waals surface area contributed by atoms with Crippen LogP contribution in [0.15, 0.2) is 0 Å². The standard InChI is InChI=1S/C24H35N5O16/c25-10(1-5-15(30)31)20(40)26-11(2-6-16(32)33)21(41)27-12(3-7-17(34)35)22(42)29-14(9-19(38)39)23(43)28-13(24(44)45)4-8-18(36)37/h10-14H,1-9,25H2,(H,26,40)(H,27,41)(H,28,43)(H,29,42)(H,30,31)(H,32,33)(H,34,35)(H,36,37)(H,38,39)(H,44,45)/t10-,11-,12-,13-,14-/m0/s1. The van der Waals surface area contributed by atoms with Gasteiger partial charge in [0.15, 0.2) is 0 Å². The zero-order chi connectivity index (χ0) is 34.9. The molecular formula is C24H35N5O16. The lowest BCUT2D eigenvalue weighted by atomic mass is 10.0. The Morgan fingerprint density at radius 3 is 1.11 bits per heavy atom. The quantitative estimate of drug-likeness (QED) is 0.0506. The Morgan fingerprint density at radius 2 is 0.733 bits per heavy atom. The first-order chi connectivity index (χ1) is 20.8. The van der Waals surface area contributed by atoms with Gasteiger partial charge in [0, 0.05) is 25.7 Å². The first-order valence-electron chi connectivity index (χ1n) is 13.1. The maximum absolute atomic E-state index is 13.0. The van der Waals surface area contributed by atoms with E-state index in [0.29, 0.717) is 0 Å². The Balaban J connectivity index is 6.01. The number of hydrogen-bond acceptors (Lipinski definition) is 11. The van der Waals surface area contributed by atoms with Gasteiger partial charge in [-0.2, -0.15) is 0 Å². The number of carbonyl (C=O) groups is 10. The van der Waals surface area contributed by atoms with E-state index in [4.69, 9.17) is 26.2 Å². The minimum absolute atomic E-state index is 0.357. The van der Waals surface area contributed by atoms with Gasteiger partial charge in [-0.15, -0.1) is 0 Å². The van der Waals surface area contributed by atoms with Gasteiger partial charge in [0.1, 0.15) is 24.2 Å². The van der Waals surface area contributed by atoms with Gasteiger partial charge in [0.25, 0.3) is 0 Å². The highest BCUT2D eigenvalue weighted by atomic mass is 16.4. The number of amides is 4. The van der Waals surface area contributed by atoms with Crippen LogP contribution < -0.4 is 27.0 Å². The lowest BCUT2D eigenvalue weighted by molar-refractivity contribution is -0.144. The molecule has 0 aliphatic heterocycles. The van der Waals surface area contributed by atoms with Crippen LogP contribution in [-0.2, 0) is 47.9 Å². The lowest BCUT2D eigenvalue weighted by Gasteiger charge is -2.25. The molecule has 0 fully saturated rings. The molecule has 0 radical (unpaired) electrons. The van der Waals surface area contributed by atoms with Gasteiger partial charge < -0.3 is 57.6 Å². The predicted octanol–water partition coefficient (Wildman–Crippen LogP) is -3.73. The molecule has 0 spiro atoms. The fourth-order valence-corrected chi connectivity index (χ4v) is 3.49. The highest BCUT2D eigenvalue weighted by Crippen LogP contribution is 2.07. The van der Waals surface area contributed by atoms with Crippen molar-refractivity contribution in [3.63, 3.8) is 0 Å². The van der Waals surface area contributed by atoms with Crippen molar-refractivity contribution in [2.45, 2.75) is 88.0 Å². The smallest absolute Gasteiger partial charge is 0.326 e. The Bertz CT molecular complexity index is 1160. The molecule has 0 unspecified atom stereocenters. The molecule has 0 saturated heterocycles. The van der Waals surface area contributed by atoms with Gasteiger partial charge in [-0.1, -0.05) is 0 Å². The molecule has 0 aromatic carbocycles. The van der Waals surface area contributed by atoms with Crippen LogP contribution in [0.3, 0.4) is 0 Å². The van der Waals surface area contributed by atoms with Crippen molar-refractivity contribution in [1.29, 1.82) is 0 Å². The van der Waals surface area contributed by atoms with Crippen LogP contribution in [0.25, 0.3) is 0 Å². The van der Waals surface area contributed by atoms with E-state index in [1.807, 2.05) is 10.6 Å². The summed E-state index contributed by atoms with van der Waals surface area (Å²) >= 11 is 0. The Morgan fingerprint density at radius 1 is 0.422 bits per heavy atom. The summed E-state index contributed by atoms with van der Waals surface area (Å²) < 4.78 is 0. The number of carbonyl (C=O) groups excluding carboxylic acids is 4. The van der Waals surface area contributed by atoms with E-state index in [1.165, 1.54) is 0 Å². The van der Waals surface area contributed by atoms with Crippen molar-refractivity contribution in [1.82, 2.24) is 21.3 Å². The third-order valence-electron chi connectivity index (χ3n) is 5.84. The van der Waals surface area contributed by atoms with E-state index in [9.17, 15) is 58.2 Å². The molecule has 12 N–H and O–H groups in total. The summed E-state index contributed by atoms with van der Waals surface area (Å²) in [6, 6.07) is -8.75. The summed E-state index contributed by atoms with van der Waals surface area (Å²) in [5.41, 5.74) is 5.61. The number of nitrogens with two attached hydrogens (primary N) is 1. The largest absolute Gasteiger partial charge is 0.481 e. The lowest BCUT2D eigenvalue weighted by Crippen LogP contribution is -2.58. The fraction of sp³-hybridized carbons (Fsp3) is 0.583. The number of nitrogens with one attached hydrogen (secondary N) is 4. The molecule has 252 valence electrons. The molecule has 4 amide bonds. The van der Waals surface area contributed by atoms with Gasteiger partial charge in [0.05, 0.1) is 12.5 Å². The van der Waals surface area contributed by atoms with Crippen molar-refractivity contribution in [2.24, 2.45) is 5.73 Å². The summed E-state index contributed by atoms with van der Waals surface area (Å²) in [6.07, 6.45) is -6.00. The van der Waals surface area contributed by atoms with Crippen LogP contribution in [0.1, 0.15) is 57.8 Å². The Labute approximate surface area is 253 Å². The van der Waals surface area contributed by atoms with Crippen molar-refractivity contribution in [3.05, 3.63) is 0 Å². The number of aliphatic carboxylic acids is 6. The second-order valence-electron chi connectivity index (χ2n) is 9.52. The maximum atomic E-state index is 13.0. The summed E-state index contributed by atoms with van der Waals surface area (Å²) in [5, 5.41) is 62.1. The molecule has 45 heavy (non-hydrogen) atoms. The van der Waals surface area contributed by atoms with Gasteiger partial charge >= 0.3 is 35.8 Å². The normalized spacial score (nSPS) is 13.9. The van der Waals surface area contributed by atoms with Crippen LogP contribution in [-0.4, -0.2) is 120 Å². The summed E-state index contributed by atoms with van der Waals surface area (Å²) in [7, 11) is 0. The Kier molecular flexibility index (Phi) is 17.4. The van der Waals surface area contributed by atoms with Crippen molar-refractivity contribution in [2.75, 3.05) is 0 Å². The molecule has 0 aromatic heterocycles. The SMILES string of the molecule is N[C@@H](CCC(=O)O)C(=O)N[C@@H](CCC(=O)O)C(=O)N[C@@H](CCC(=O)O)C(=O)N[C@@H](CC(=O)O)C(=O)N[C@@H](CCC(=O)O)C(=O)O. The van der Waals surface area contributed by atoms with Crippen LogP contribution >= 0.6 is 0 Å². The van der Waals surface area contributed by atoms with E-state index < -0.39 is 141 Å². The molecule has 0 rings (SSSR count).